The Kier molecular flexibility index (Phi) is 4.15. The lowest BCUT2D eigenvalue weighted by Crippen LogP contribution is -2.65. The molecule has 0 aliphatic heterocycles. The Labute approximate surface area is 157 Å². The van der Waals surface area contributed by atoms with Crippen molar-refractivity contribution in [1.82, 2.24) is 0 Å². The molecule has 0 aromatic heterocycles. The monoisotopic (exact) mass is 392 g/mol. The van der Waals surface area contributed by atoms with Gasteiger partial charge in [0, 0.05) is 5.41 Å². The minimum Gasteiger partial charge on any atom is -0.383 e. The average molecular weight is 392 g/mol. The average Bonchev–Trinajstić information content (AvgIpc) is 2.86. The van der Waals surface area contributed by atoms with Gasteiger partial charge in [0.25, 0.3) is 0 Å². The van der Waals surface area contributed by atoms with Crippen LogP contribution in [-0.4, -0.2) is 22.8 Å². The van der Waals surface area contributed by atoms with Crippen molar-refractivity contribution in [2.24, 2.45) is 34.5 Å². The molecule has 0 saturated heterocycles. The standard InChI is InChI=1S/C21H29F5O/c1-17-10-4-3-5-13(17)6-7-14-15(17)8-11-18(2)16(14)9-12-19(18,27)20(22,23)21(24,25)26/h3-4,13-16,27H,5-12H2,1-2H3/t13-,14-,15+,16+,17+,18+,19+/m1/s1. The predicted molar refractivity (Wildman–Crippen MR) is 92.2 cm³/mol. The number of aliphatic hydroxyl groups is 1. The van der Waals surface area contributed by atoms with Gasteiger partial charge in [0.15, 0.2) is 0 Å². The van der Waals surface area contributed by atoms with Gasteiger partial charge < -0.3 is 5.11 Å². The second kappa shape index (κ2) is 5.70. The maximum Gasteiger partial charge on any atom is 0.456 e. The third kappa shape index (κ3) is 2.31. The summed E-state index contributed by atoms with van der Waals surface area (Å²) in [6.07, 6.45) is 3.25. The van der Waals surface area contributed by atoms with E-state index in [4.69, 9.17) is 0 Å². The molecule has 4 rings (SSSR count). The normalized spacial score (nSPS) is 50.1. The fourth-order valence-corrected chi connectivity index (χ4v) is 7.60. The van der Waals surface area contributed by atoms with Gasteiger partial charge in [-0.1, -0.05) is 26.0 Å². The second-order valence-corrected chi connectivity index (χ2v) is 10.00. The summed E-state index contributed by atoms with van der Waals surface area (Å²) in [5, 5.41) is 10.8. The Bertz CT molecular complexity index is 643. The van der Waals surface area contributed by atoms with E-state index >= 15 is 0 Å². The smallest absolute Gasteiger partial charge is 0.383 e. The number of hydrogen-bond acceptors (Lipinski definition) is 1. The molecule has 0 amide bonds. The first-order chi connectivity index (χ1) is 12.4. The van der Waals surface area contributed by atoms with E-state index in [2.05, 4.69) is 19.1 Å². The molecule has 0 aromatic carbocycles. The quantitative estimate of drug-likeness (QED) is 0.421. The Morgan fingerprint density at radius 1 is 0.889 bits per heavy atom. The van der Waals surface area contributed by atoms with Crippen molar-refractivity contribution in [3.8, 4) is 0 Å². The molecule has 0 heterocycles. The van der Waals surface area contributed by atoms with Crippen molar-refractivity contribution in [2.45, 2.75) is 82.9 Å². The third-order valence-electron chi connectivity index (χ3n) is 9.24. The van der Waals surface area contributed by atoms with Gasteiger partial charge in [0.05, 0.1) is 0 Å². The van der Waals surface area contributed by atoms with Crippen LogP contribution in [0.2, 0.25) is 0 Å². The Hall–Kier alpha value is -0.650. The minimum absolute atomic E-state index is 0.103. The highest BCUT2D eigenvalue weighted by Crippen LogP contribution is 2.70. The van der Waals surface area contributed by atoms with Gasteiger partial charge in [0.2, 0.25) is 0 Å². The van der Waals surface area contributed by atoms with Crippen molar-refractivity contribution in [3.05, 3.63) is 12.2 Å². The van der Waals surface area contributed by atoms with E-state index in [-0.39, 0.29) is 30.1 Å². The number of alkyl halides is 5. The van der Waals surface area contributed by atoms with Gasteiger partial charge in [-0.3, -0.25) is 0 Å². The van der Waals surface area contributed by atoms with E-state index < -0.39 is 29.5 Å². The molecule has 0 radical (unpaired) electrons. The van der Waals surface area contributed by atoms with Crippen LogP contribution in [0.15, 0.2) is 12.2 Å². The molecule has 154 valence electrons. The van der Waals surface area contributed by atoms with Crippen LogP contribution < -0.4 is 0 Å². The molecule has 27 heavy (non-hydrogen) atoms. The van der Waals surface area contributed by atoms with Crippen LogP contribution in [0.3, 0.4) is 0 Å². The van der Waals surface area contributed by atoms with Crippen molar-refractivity contribution >= 4 is 0 Å². The van der Waals surface area contributed by atoms with E-state index in [1.807, 2.05) is 0 Å². The minimum atomic E-state index is -5.73. The summed E-state index contributed by atoms with van der Waals surface area (Å²) in [7, 11) is 0. The van der Waals surface area contributed by atoms with Gasteiger partial charge in [-0.05, 0) is 80.5 Å². The van der Waals surface area contributed by atoms with E-state index in [1.165, 1.54) is 6.92 Å². The van der Waals surface area contributed by atoms with Gasteiger partial charge in [0.1, 0.15) is 5.60 Å². The molecule has 1 N–H and O–H groups in total. The molecule has 0 spiro atoms. The Morgan fingerprint density at radius 2 is 1.56 bits per heavy atom. The molecule has 3 fully saturated rings. The van der Waals surface area contributed by atoms with Crippen LogP contribution in [0.5, 0.6) is 0 Å². The van der Waals surface area contributed by atoms with Gasteiger partial charge in [-0.2, -0.15) is 22.0 Å². The summed E-state index contributed by atoms with van der Waals surface area (Å²) in [5.74, 6) is -4.29. The molecule has 0 unspecified atom stereocenters. The lowest BCUT2D eigenvalue weighted by atomic mass is 9.45. The van der Waals surface area contributed by atoms with Crippen LogP contribution in [0, 0.1) is 34.5 Å². The van der Waals surface area contributed by atoms with Crippen LogP contribution in [0.25, 0.3) is 0 Å². The van der Waals surface area contributed by atoms with Crippen LogP contribution in [0.4, 0.5) is 22.0 Å². The zero-order valence-electron chi connectivity index (χ0n) is 16.0. The molecular weight excluding hydrogens is 363 g/mol. The molecule has 7 atom stereocenters. The number of halogens is 5. The van der Waals surface area contributed by atoms with Gasteiger partial charge >= 0.3 is 12.1 Å². The summed E-state index contributed by atoms with van der Waals surface area (Å²) >= 11 is 0. The van der Waals surface area contributed by atoms with Crippen molar-refractivity contribution < 1.29 is 27.1 Å². The summed E-state index contributed by atoms with van der Waals surface area (Å²) in [6.45, 7) is 3.78. The van der Waals surface area contributed by atoms with Crippen molar-refractivity contribution in [1.29, 1.82) is 0 Å². The fourth-order valence-electron chi connectivity index (χ4n) is 7.60. The molecule has 0 bridgehead atoms. The number of allylic oxidation sites excluding steroid dienone is 2. The van der Waals surface area contributed by atoms with E-state index in [1.54, 1.807) is 0 Å². The Balaban J connectivity index is 1.69. The zero-order valence-corrected chi connectivity index (χ0v) is 16.0. The molecule has 0 aromatic rings. The first-order valence-corrected chi connectivity index (χ1v) is 10.2. The fraction of sp³-hybridized carbons (Fsp3) is 0.905. The molecule has 1 nitrogen and oxygen atoms in total. The van der Waals surface area contributed by atoms with Crippen LogP contribution in [0.1, 0.15) is 65.2 Å². The molecule has 4 aliphatic carbocycles. The molecular formula is C21H29F5O. The summed E-state index contributed by atoms with van der Waals surface area (Å²) < 4.78 is 68.3. The van der Waals surface area contributed by atoms with E-state index in [0.29, 0.717) is 18.3 Å². The number of rotatable bonds is 1. The SMILES string of the molecule is C[C@]12CC=CC[C@@H]1CC[C@@H]1[C@@H]2CC[C@@]2(C)[C@H]1CC[C@@]2(O)C(F)(F)C(F)(F)F. The first-order valence-electron chi connectivity index (χ1n) is 10.2. The highest BCUT2D eigenvalue weighted by Gasteiger charge is 2.79. The lowest BCUT2D eigenvalue weighted by Gasteiger charge is -2.61. The van der Waals surface area contributed by atoms with Crippen molar-refractivity contribution in [2.75, 3.05) is 0 Å². The maximum atomic E-state index is 14.4. The molecule has 6 heteroatoms. The highest BCUT2D eigenvalue weighted by molar-refractivity contribution is 5.19. The van der Waals surface area contributed by atoms with E-state index in [9.17, 15) is 27.1 Å². The predicted octanol–water partition coefficient (Wildman–Crippen LogP) is 6.12. The van der Waals surface area contributed by atoms with Crippen molar-refractivity contribution in [3.63, 3.8) is 0 Å². The maximum absolute atomic E-state index is 14.4. The molecule has 3 saturated carbocycles. The summed E-state index contributed by atoms with van der Waals surface area (Å²) in [4.78, 5) is 0. The second-order valence-electron chi connectivity index (χ2n) is 10.00. The summed E-state index contributed by atoms with van der Waals surface area (Å²) in [6, 6.07) is 0. The largest absolute Gasteiger partial charge is 0.456 e. The third-order valence-corrected chi connectivity index (χ3v) is 9.24. The highest BCUT2D eigenvalue weighted by atomic mass is 19.4. The van der Waals surface area contributed by atoms with E-state index in [0.717, 1.165) is 25.7 Å². The zero-order chi connectivity index (χ0) is 19.9. The van der Waals surface area contributed by atoms with Gasteiger partial charge in [-0.15, -0.1) is 0 Å². The topological polar surface area (TPSA) is 20.2 Å². The van der Waals surface area contributed by atoms with Gasteiger partial charge in [-0.25, -0.2) is 0 Å². The summed E-state index contributed by atoms with van der Waals surface area (Å²) in [5.41, 5.74) is -4.29. The lowest BCUT2D eigenvalue weighted by molar-refractivity contribution is -0.364. The van der Waals surface area contributed by atoms with Crippen LogP contribution in [-0.2, 0) is 0 Å². The first kappa shape index (κ1) is 19.7. The number of hydrogen-bond donors (Lipinski definition) is 1. The van der Waals surface area contributed by atoms with Crippen LogP contribution >= 0.6 is 0 Å². The number of fused-ring (bicyclic) bond motifs is 5. The molecule has 4 aliphatic rings. The Morgan fingerprint density at radius 3 is 2.22 bits per heavy atom.